The second kappa shape index (κ2) is 13.8. The Hall–Kier alpha value is -3.25. The fourth-order valence-electron chi connectivity index (χ4n) is 4.84. The van der Waals surface area contributed by atoms with Gasteiger partial charge in [-0.05, 0) is 54.4 Å². The Morgan fingerprint density at radius 2 is 1.50 bits per heavy atom. The molecule has 4 rings (SSSR count). The predicted octanol–water partition coefficient (Wildman–Crippen LogP) is 4.95. The van der Waals surface area contributed by atoms with E-state index in [2.05, 4.69) is 5.32 Å². The van der Waals surface area contributed by atoms with E-state index in [1.807, 2.05) is 29.2 Å². The van der Waals surface area contributed by atoms with Crippen molar-refractivity contribution in [2.75, 3.05) is 36.3 Å². The van der Waals surface area contributed by atoms with E-state index in [1.54, 1.807) is 31.2 Å². The van der Waals surface area contributed by atoms with Crippen LogP contribution in [0, 0.1) is 11.6 Å². The van der Waals surface area contributed by atoms with Crippen molar-refractivity contribution in [2.24, 2.45) is 0 Å². The normalized spacial score (nSPS) is 14.0. The van der Waals surface area contributed by atoms with Crippen molar-refractivity contribution in [2.45, 2.75) is 25.4 Å². The summed E-state index contributed by atoms with van der Waals surface area (Å²) < 4.78 is 61.3. The number of anilines is 1. The average Bonchev–Trinajstić information content (AvgIpc) is 2.88. The molecule has 0 aliphatic carbocycles. The first kappa shape index (κ1) is 31.7. The number of hydrogen-bond donors (Lipinski definition) is 1. The topological polar surface area (TPSA) is 96.0 Å². The molecular weight excluding hydrogens is 611 g/mol. The van der Waals surface area contributed by atoms with Gasteiger partial charge in [-0.25, -0.2) is 17.2 Å². The number of benzene rings is 3. The highest BCUT2D eigenvalue weighted by Gasteiger charge is 2.42. The molecule has 13 heteroatoms. The van der Waals surface area contributed by atoms with Crippen LogP contribution in [0.15, 0.2) is 66.7 Å². The molecule has 0 saturated carbocycles. The molecule has 0 spiro atoms. The summed E-state index contributed by atoms with van der Waals surface area (Å²) in [6.45, 7) is 1.87. The summed E-state index contributed by atoms with van der Waals surface area (Å²) in [7, 11) is -4.19. The van der Waals surface area contributed by atoms with Gasteiger partial charge >= 0.3 is 5.97 Å². The third-order valence-corrected chi connectivity index (χ3v) is 8.99. The van der Waals surface area contributed by atoms with E-state index < -0.39 is 51.7 Å². The summed E-state index contributed by atoms with van der Waals surface area (Å²) in [4.78, 5) is 25.6. The van der Waals surface area contributed by atoms with Crippen molar-refractivity contribution in [1.29, 1.82) is 0 Å². The summed E-state index contributed by atoms with van der Waals surface area (Å²) >= 11 is 12.2. The number of likely N-dealkylation sites (tertiary alicyclic amines) is 1. The van der Waals surface area contributed by atoms with Crippen LogP contribution in [0.2, 0.25) is 10.0 Å². The van der Waals surface area contributed by atoms with Gasteiger partial charge in [-0.3, -0.25) is 18.8 Å². The summed E-state index contributed by atoms with van der Waals surface area (Å²) in [5.74, 6) is -3.85. The highest BCUT2D eigenvalue weighted by molar-refractivity contribution is 7.92. The van der Waals surface area contributed by atoms with Crippen LogP contribution >= 0.6 is 23.2 Å². The first-order chi connectivity index (χ1) is 20.0. The van der Waals surface area contributed by atoms with Crippen LogP contribution in [-0.2, 0) is 24.3 Å². The number of amides is 1. The van der Waals surface area contributed by atoms with Gasteiger partial charge in [0.05, 0.1) is 30.1 Å². The molecule has 0 atom stereocenters. The number of sulfonamides is 1. The number of esters is 1. The highest BCUT2D eigenvalue weighted by atomic mass is 35.5. The number of halogens is 4. The van der Waals surface area contributed by atoms with Crippen molar-refractivity contribution in [3.63, 3.8) is 0 Å². The molecule has 1 aliphatic heterocycles. The minimum Gasteiger partial charge on any atom is -0.466 e. The van der Waals surface area contributed by atoms with E-state index in [0.717, 1.165) is 27.6 Å². The summed E-state index contributed by atoms with van der Waals surface area (Å²) in [6, 6.07) is 16.2. The Balaban J connectivity index is 1.56. The molecule has 224 valence electrons. The number of ether oxygens (including phenoxy) is 1. The van der Waals surface area contributed by atoms with Gasteiger partial charge in [0.1, 0.15) is 18.1 Å². The van der Waals surface area contributed by atoms with Crippen molar-refractivity contribution in [1.82, 2.24) is 10.2 Å². The van der Waals surface area contributed by atoms with Crippen LogP contribution in [0.5, 0.6) is 0 Å². The van der Waals surface area contributed by atoms with E-state index in [4.69, 9.17) is 27.9 Å². The zero-order valence-electron chi connectivity index (χ0n) is 22.6. The quantitative estimate of drug-likeness (QED) is 0.223. The van der Waals surface area contributed by atoms with E-state index in [0.29, 0.717) is 16.1 Å². The lowest BCUT2D eigenvalue weighted by molar-refractivity contribution is -0.145. The molecule has 3 aromatic rings. The Morgan fingerprint density at radius 1 is 0.976 bits per heavy atom. The van der Waals surface area contributed by atoms with E-state index in [1.165, 1.54) is 0 Å². The van der Waals surface area contributed by atoms with Gasteiger partial charge in [0.2, 0.25) is 15.9 Å². The van der Waals surface area contributed by atoms with Gasteiger partial charge in [0.15, 0.2) is 0 Å². The van der Waals surface area contributed by atoms with Gasteiger partial charge in [-0.1, -0.05) is 47.5 Å². The molecule has 0 radical (unpaired) electrons. The molecule has 0 aromatic heterocycles. The van der Waals surface area contributed by atoms with Crippen LogP contribution in [0.25, 0.3) is 0 Å². The van der Waals surface area contributed by atoms with Crippen LogP contribution in [0.1, 0.15) is 30.5 Å². The molecule has 1 fully saturated rings. The molecule has 1 heterocycles. The number of carbonyl (C=O) groups excluding carboxylic acids is 2. The Labute approximate surface area is 253 Å². The lowest BCUT2D eigenvalue weighted by Crippen LogP contribution is -2.62. The molecule has 8 nitrogen and oxygen atoms in total. The minimum absolute atomic E-state index is 0.106. The number of carbonyl (C=O) groups is 2. The molecule has 0 bridgehead atoms. The minimum atomic E-state index is -4.19. The van der Waals surface area contributed by atoms with E-state index >= 15 is 0 Å². The zero-order chi connectivity index (χ0) is 30.4. The Bertz CT molecular complexity index is 1450. The summed E-state index contributed by atoms with van der Waals surface area (Å²) in [6.07, 6.45) is -0.554. The molecular formula is C29H29Cl2F2N3O5S. The van der Waals surface area contributed by atoms with Crippen LogP contribution in [-0.4, -0.2) is 63.2 Å². The third-order valence-electron chi connectivity index (χ3n) is 6.65. The second-order valence-corrected chi connectivity index (χ2v) is 12.5. The van der Waals surface area contributed by atoms with E-state index in [9.17, 15) is 26.8 Å². The molecule has 1 amide bonds. The highest BCUT2D eigenvalue weighted by Crippen LogP contribution is 2.37. The second-order valence-electron chi connectivity index (χ2n) is 9.68. The number of rotatable bonds is 12. The number of nitrogens with zero attached hydrogens (tertiary/aromatic N) is 2. The summed E-state index contributed by atoms with van der Waals surface area (Å²) in [5.41, 5.74) is 1.66. The first-order valence-electron chi connectivity index (χ1n) is 13.1. The monoisotopic (exact) mass is 639 g/mol. The standard InChI is InChI=1S/C29H29Cl2F2N3O5S/c1-2-41-28(38)16-27(37)34-11-12-42(39,40)36(25-14-23(32)13-24(33)15-25)26-17-35(18-26)29(19-3-7-21(30)8-4-19)20-5-9-22(31)10-6-20/h3-10,13-15,26,29H,2,11-12,16-18H2,1H3,(H,34,37). The SMILES string of the molecule is CCOC(=O)CC(=O)NCCS(=O)(=O)N(c1cc(F)cc(F)c1)C1CN(C(c2ccc(Cl)cc2)c2ccc(Cl)cc2)C1. The predicted molar refractivity (Wildman–Crippen MR) is 157 cm³/mol. The molecule has 1 saturated heterocycles. The van der Waals surface area contributed by atoms with Gasteiger partial charge in [0, 0.05) is 35.7 Å². The maximum atomic E-state index is 14.2. The Kier molecular flexibility index (Phi) is 10.4. The lowest BCUT2D eigenvalue weighted by Gasteiger charge is -2.49. The Morgan fingerprint density at radius 3 is 2.00 bits per heavy atom. The largest absolute Gasteiger partial charge is 0.466 e. The smallest absolute Gasteiger partial charge is 0.315 e. The maximum absolute atomic E-state index is 14.2. The number of hydrogen-bond acceptors (Lipinski definition) is 6. The molecule has 3 aromatic carbocycles. The van der Waals surface area contributed by atoms with Crippen molar-refractivity contribution < 1.29 is 31.5 Å². The van der Waals surface area contributed by atoms with Crippen molar-refractivity contribution in [3.8, 4) is 0 Å². The maximum Gasteiger partial charge on any atom is 0.315 e. The first-order valence-corrected chi connectivity index (χ1v) is 15.5. The van der Waals surface area contributed by atoms with Gasteiger partial charge in [-0.2, -0.15) is 0 Å². The fourth-order valence-corrected chi connectivity index (χ4v) is 6.66. The molecule has 0 unspecified atom stereocenters. The van der Waals surface area contributed by atoms with Crippen molar-refractivity contribution in [3.05, 3.63) is 99.5 Å². The van der Waals surface area contributed by atoms with Gasteiger partial charge in [0.25, 0.3) is 0 Å². The molecule has 1 aliphatic rings. The van der Waals surface area contributed by atoms with Crippen molar-refractivity contribution >= 4 is 50.8 Å². The average molecular weight is 641 g/mol. The zero-order valence-corrected chi connectivity index (χ0v) is 24.9. The van der Waals surface area contributed by atoms with Crippen LogP contribution < -0.4 is 9.62 Å². The lowest BCUT2D eigenvalue weighted by atomic mass is 9.93. The summed E-state index contributed by atoms with van der Waals surface area (Å²) in [5, 5.41) is 3.51. The van der Waals surface area contributed by atoms with Crippen LogP contribution in [0.3, 0.4) is 0 Å². The third kappa shape index (κ3) is 7.97. The van der Waals surface area contributed by atoms with Crippen LogP contribution in [0.4, 0.5) is 14.5 Å². The molecule has 1 N–H and O–H groups in total. The van der Waals surface area contributed by atoms with Gasteiger partial charge < -0.3 is 10.1 Å². The van der Waals surface area contributed by atoms with Gasteiger partial charge in [-0.15, -0.1) is 0 Å². The number of nitrogens with one attached hydrogen (secondary N) is 1. The molecule has 42 heavy (non-hydrogen) atoms. The van der Waals surface area contributed by atoms with E-state index in [-0.39, 0.29) is 38.0 Å². The fraction of sp³-hybridized carbons (Fsp3) is 0.310.